The summed E-state index contributed by atoms with van der Waals surface area (Å²) in [5.74, 6) is 5.32. The minimum atomic E-state index is 0.656. The number of aryl methyl sites for hydroxylation is 1. The number of anilines is 1. The molecule has 3 N–H and O–H groups in total. The summed E-state index contributed by atoms with van der Waals surface area (Å²) in [4.78, 5) is 4.24. The molecule has 0 saturated heterocycles. The van der Waals surface area contributed by atoms with E-state index in [1.54, 1.807) is 6.20 Å². The lowest BCUT2D eigenvalue weighted by Crippen LogP contribution is -2.08. The number of nitrogens with two attached hydrogens (primary N) is 1. The van der Waals surface area contributed by atoms with E-state index in [1.165, 1.54) is 0 Å². The molecule has 0 radical (unpaired) electrons. The first kappa shape index (κ1) is 9.67. The van der Waals surface area contributed by atoms with E-state index in [9.17, 15) is 0 Å². The van der Waals surface area contributed by atoms with E-state index in [0.29, 0.717) is 6.54 Å². The molecule has 0 unspecified atom stereocenters. The lowest BCUT2D eigenvalue weighted by molar-refractivity contribution is 0.672. The monoisotopic (exact) mass is 203 g/mol. The maximum Gasteiger partial charge on any atom is 0.0832 e. The molecule has 2 rings (SSSR count). The lowest BCUT2D eigenvalue weighted by atomic mass is 10.3. The van der Waals surface area contributed by atoms with E-state index in [1.807, 2.05) is 36.1 Å². The summed E-state index contributed by atoms with van der Waals surface area (Å²) < 4.78 is 1.85. The van der Waals surface area contributed by atoms with E-state index >= 15 is 0 Å². The molecule has 2 aromatic rings. The Kier molecular flexibility index (Phi) is 2.64. The Morgan fingerprint density at radius 1 is 1.53 bits per heavy atom. The van der Waals surface area contributed by atoms with Gasteiger partial charge in [-0.2, -0.15) is 5.10 Å². The fourth-order valence-corrected chi connectivity index (χ4v) is 1.37. The van der Waals surface area contributed by atoms with Gasteiger partial charge < -0.3 is 5.43 Å². The highest BCUT2D eigenvalue weighted by Gasteiger charge is 1.99. The van der Waals surface area contributed by atoms with Gasteiger partial charge in [0.05, 0.1) is 24.1 Å². The van der Waals surface area contributed by atoms with Crippen molar-refractivity contribution in [3.05, 3.63) is 42.0 Å². The standard InChI is InChI=1S/C10H13N5/c1-8-5-13-15(6-8)7-10-4-9(14-11)2-3-12-10/h2-6H,7,11H2,1H3,(H,12,14). The number of rotatable bonds is 3. The van der Waals surface area contributed by atoms with E-state index in [0.717, 1.165) is 16.9 Å². The van der Waals surface area contributed by atoms with Crippen molar-refractivity contribution in [3.8, 4) is 0 Å². The molecular weight excluding hydrogens is 190 g/mol. The number of nitrogens with one attached hydrogen (secondary N) is 1. The van der Waals surface area contributed by atoms with Crippen molar-refractivity contribution in [1.82, 2.24) is 14.8 Å². The summed E-state index contributed by atoms with van der Waals surface area (Å²) >= 11 is 0. The summed E-state index contributed by atoms with van der Waals surface area (Å²) in [6.07, 6.45) is 5.52. The van der Waals surface area contributed by atoms with Crippen molar-refractivity contribution in [2.24, 2.45) is 5.84 Å². The van der Waals surface area contributed by atoms with E-state index in [-0.39, 0.29) is 0 Å². The van der Waals surface area contributed by atoms with E-state index in [4.69, 9.17) is 5.84 Å². The SMILES string of the molecule is Cc1cnn(Cc2cc(NN)ccn2)c1. The lowest BCUT2D eigenvalue weighted by Gasteiger charge is -2.03. The van der Waals surface area contributed by atoms with Crippen LogP contribution in [-0.4, -0.2) is 14.8 Å². The van der Waals surface area contributed by atoms with Crippen LogP contribution in [0.2, 0.25) is 0 Å². The fourth-order valence-electron chi connectivity index (χ4n) is 1.37. The molecule has 78 valence electrons. The molecule has 15 heavy (non-hydrogen) atoms. The minimum absolute atomic E-state index is 0.656. The van der Waals surface area contributed by atoms with Gasteiger partial charge in [0.25, 0.3) is 0 Å². The van der Waals surface area contributed by atoms with Gasteiger partial charge >= 0.3 is 0 Å². The first-order valence-corrected chi connectivity index (χ1v) is 4.68. The van der Waals surface area contributed by atoms with Gasteiger partial charge in [-0.1, -0.05) is 0 Å². The third-order valence-corrected chi connectivity index (χ3v) is 2.07. The van der Waals surface area contributed by atoms with Gasteiger partial charge in [-0.3, -0.25) is 15.5 Å². The van der Waals surface area contributed by atoms with Crippen molar-refractivity contribution >= 4 is 5.69 Å². The van der Waals surface area contributed by atoms with Crippen LogP contribution in [0.1, 0.15) is 11.3 Å². The zero-order valence-electron chi connectivity index (χ0n) is 8.51. The second-order valence-corrected chi connectivity index (χ2v) is 3.40. The summed E-state index contributed by atoms with van der Waals surface area (Å²) in [6, 6.07) is 3.72. The van der Waals surface area contributed by atoms with Crippen molar-refractivity contribution in [1.29, 1.82) is 0 Å². The highest BCUT2D eigenvalue weighted by atomic mass is 15.3. The first-order chi connectivity index (χ1) is 7.28. The van der Waals surface area contributed by atoms with Crippen molar-refractivity contribution in [2.45, 2.75) is 13.5 Å². The molecule has 2 aromatic heterocycles. The second kappa shape index (κ2) is 4.10. The normalized spacial score (nSPS) is 10.3. The molecule has 0 bridgehead atoms. The van der Waals surface area contributed by atoms with Crippen LogP contribution in [0.5, 0.6) is 0 Å². The van der Waals surface area contributed by atoms with E-state index < -0.39 is 0 Å². The van der Waals surface area contributed by atoms with Crippen LogP contribution in [0.4, 0.5) is 5.69 Å². The summed E-state index contributed by atoms with van der Waals surface area (Å²) in [5.41, 5.74) is 5.51. The smallest absolute Gasteiger partial charge is 0.0832 e. The van der Waals surface area contributed by atoms with Crippen LogP contribution in [0.3, 0.4) is 0 Å². The van der Waals surface area contributed by atoms with Crippen LogP contribution in [0.15, 0.2) is 30.7 Å². The Bertz CT molecular complexity index is 449. The number of aromatic nitrogens is 3. The van der Waals surface area contributed by atoms with Crippen molar-refractivity contribution in [3.63, 3.8) is 0 Å². The predicted octanol–water partition coefficient (Wildman–Crippen LogP) is 0.920. The highest BCUT2D eigenvalue weighted by molar-refractivity contribution is 5.41. The molecule has 5 heteroatoms. The zero-order chi connectivity index (χ0) is 10.7. The predicted molar refractivity (Wildman–Crippen MR) is 58.1 cm³/mol. The minimum Gasteiger partial charge on any atom is -0.324 e. The zero-order valence-corrected chi connectivity index (χ0v) is 8.51. The van der Waals surface area contributed by atoms with Crippen LogP contribution < -0.4 is 11.3 Å². The van der Waals surface area contributed by atoms with E-state index in [2.05, 4.69) is 15.5 Å². The first-order valence-electron chi connectivity index (χ1n) is 4.68. The molecule has 0 fully saturated rings. The maximum absolute atomic E-state index is 5.32. The van der Waals surface area contributed by atoms with Gasteiger partial charge in [0.2, 0.25) is 0 Å². The van der Waals surface area contributed by atoms with Crippen LogP contribution >= 0.6 is 0 Å². The average molecular weight is 203 g/mol. The third kappa shape index (κ3) is 2.32. The molecule has 0 saturated carbocycles. The topological polar surface area (TPSA) is 68.8 Å². The molecule has 0 spiro atoms. The number of nitrogens with zero attached hydrogens (tertiary/aromatic N) is 3. The molecule has 2 heterocycles. The molecule has 0 aliphatic rings. The van der Waals surface area contributed by atoms with Crippen molar-refractivity contribution < 1.29 is 0 Å². The average Bonchev–Trinajstić information content (AvgIpc) is 2.64. The quantitative estimate of drug-likeness (QED) is 0.575. The van der Waals surface area contributed by atoms with Gasteiger partial charge in [-0.15, -0.1) is 0 Å². The number of pyridine rings is 1. The number of hydrogen-bond acceptors (Lipinski definition) is 4. The fraction of sp³-hybridized carbons (Fsp3) is 0.200. The number of hydrogen-bond donors (Lipinski definition) is 2. The highest BCUT2D eigenvalue weighted by Crippen LogP contribution is 2.07. The molecule has 0 atom stereocenters. The maximum atomic E-state index is 5.32. The molecule has 0 aromatic carbocycles. The summed E-state index contributed by atoms with van der Waals surface area (Å²) in [5, 5.41) is 4.19. The van der Waals surface area contributed by atoms with Gasteiger partial charge in [0, 0.05) is 12.4 Å². The number of hydrazine groups is 1. The Morgan fingerprint density at radius 3 is 3.07 bits per heavy atom. The largest absolute Gasteiger partial charge is 0.324 e. The Balaban J connectivity index is 2.16. The van der Waals surface area contributed by atoms with Crippen LogP contribution in [0, 0.1) is 6.92 Å². The van der Waals surface area contributed by atoms with Gasteiger partial charge in [0.1, 0.15) is 0 Å². The molecule has 0 amide bonds. The number of nitrogen functional groups attached to an aromatic ring is 1. The molecule has 0 aliphatic heterocycles. The van der Waals surface area contributed by atoms with Crippen LogP contribution in [-0.2, 0) is 6.54 Å². The van der Waals surface area contributed by atoms with Gasteiger partial charge in [-0.25, -0.2) is 0 Å². The summed E-state index contributed by atoms with van der Waals surface area (Å²) in [7, 11) is 0. The molecule has 5 nitrogen and oxygen atoms in total. The summed E-state index contributed by atoms with van der Waals surface area (Å²) in [6.45, 7) is 2.66. The molecular formula is C10H13N5. The second-order valence-electron chi connectivity index (χ2n) is 3.40. The Labute approximate surface area is 87.9 Å². The van der Waals surface area contributed by atoms with Gasteiger partial charge in [0.15, 0.2) is 0 Å². The third-order valence-electron chi connectivity index (χ3n) is 2.07. The Morgan fingerprint density at radius 2 is 2.40 bits per heavy atom. The molecule has 0 aliphatic carbocycles. The van der Waals surface area contributed by atoms with Crippen LogP contribution in [0.25, 0.3) is 0 Å². The van der Waals surface area contributed by atoms with Crippen molar-refractivity contribution in [2.75, 3.05) is 5.43 Å². The Hall–Kier alpha value is -1.88. The van der Waals surface area contributed by atoms with Gasteiger partial charge in [-0.05, 0) is 24.6 Å².